The molecular formula is C46H28. The van der Waals surface area contributed by atoms with E-state index in [4.69, 9.17) is 13.7 Å². The predicted molar refractivity (Wildman–Crippen MR) is 199 cm³/mol. The van der Waals surface area contributed by atoms with Gasteiger partial charge in [-0.05, 0) is 98.0 Å². The van der Waals surface area contributed by atoms with Gasteiger partial charge in [-0.2, -0.15) is 0 Å². The number of benzene rings is 10. The van der Waals surface area contributed by atoms with Gasteiger partial charge >= 0.3 is 0 Å². The van der Waals surface area contributed by atoms with E-state index >= 15 is 0 Å². The van der Waals surface area contributed by atoms with Crippen LogP contribution in [0.5, 0.6) is 0 Å². The van der Waals surface area contributed by atoms with Crippen LogP contribution in [0.25, 0.3) is 98.0 Å². The Balaban J connectivity index is 1.52. The van der Waals surface area contributed by atoms with Crippen molar-refractivity contribution in [2.45, 2.75) is 0 Å². The number of fused-ring (bicyclic) bond motifs is 4. The molecule has 0 aliphatic heterocycles. The van der Waals surface area contributed by atoms with Crippen molar-refractivity contribution in [1.29, 1.82) is 0 Å². The van der Waals surface area contributed by atoms with Crippen molar-refractivity contribution in [2.75, 3.05) is 0 Å². The fourth-order valence-corrected chi connectivity index (χ4v) is 6.79. The first-order valence-corrected chi connectivity index (χ1v) is 14.6. The molecule has 0 spiro atoms. The lowest BCUT2D eigenvalue weighted by molar-refractivity contribution is 1.66. The van der Waals surface area contributed by atoms with E-state index < -0.39 is 120 Å². The Hall–Kier alpha value is -5.98. The van der Waals surface area contributed by atoms with Crippen molar-refractivity contribution < 1.29 is 24.7 Å². The van der Waals surface area contributed by atoms with Gasteiger partial charge in [-0.1, -0.05) is 169 Å². The minimum absolute atomic E-state index is 0.0488. The number of hydrogen-bond acceptors (Lipinski definition) is 0. The molecule has 0 saturated heterocycles. The molecule has 0 radical (unpaired) electrons. The van der Waals surface area contributed by atoms with E-state index in [0.717, 1.165) is 0 Å². The molecule has 0 aliphatic rings. The van der Waals surface area contributed by atoms with Crippen molar-refractivity contribution >= 4 is 64.6 Å². The average molecular weight is 599 g/mol. The van der Waals surface area contributed by atoms with Gasteiger partial charge in [0.15, 0.2) is 0 Å². The average Bonchev–Trinajstić information content (AvgIpc) is 3.29. The summed E-state index contributed by atoms with van der Waals surface area (Å²) in [6, 6.07) is 6.60. The molecule has 0 saturated carbocycles. The molecule has 0 aliphatic carbocycles. The Morgan fingerprint density at radius 3 is 1.54 bits per heavy atom. The lowest BCUT2D eigenvalue weighted by atomic mass is 9.81. The molecule has 10 aromatic carbocycles. The molecule has 0 nitrogen and oxygen atoms in total. The third-order valence-corrected chi connectivity index (χ3v) is 8.66. The quantitative estimate of drug-likeness (QED) is 0.140. The summed E-state index contributed by atoms with van der Waals surface area (Å²) >= 11 is 0. The van der Waals surface area contributed by atoms with Gasteiger partial charge in [0.05, 0.1) is 24.7 Å². The molecule has 0 atom stereocenters. The van der Waals surface area contributed by atoms with Gasteiger partial charge in [-0.3, -0.25) is 0 Å². The summed E-state index contributed by atoms with van der Waals surface area (Å²) in [5.74, 6) is 0. The molecule has 10 rings (SSSR count). The topological polar surface area (TPSA) is 0 Å². The highest BCUT2D eigenvalue weighted by atomic mass is 14.2. The monoisotopic (exact) mass is 598 g/mol. The van der Waals surface area contributed by atoms with Gasteiger partial charge < -0.3 is 0 Å². The number of rotatable bonds is 3. The first kappa shape index (κ1) is 13.6. The molecule has 0 fully saturated rings. The van der Waals surface area contributed by atoms with E-state index in [1.54, 1.807) is 36.4 Å². The van der Waals surface area contributed by atoms with Gasteiger partial charge in [0, 0.05) is 0 Å². The molecule has 0 amide bonds. The lowest BCUT2D eigenvalue weighted by Gasteiger charge is -2.21. The van der Waals surface area contributed by atoms with Crippen LogP contribution in [0.2, 0.25) is 0 Å². The van der Waals surface area contributed by atoms with Gasteiger partial charge in [-0.15, -0.1) is 0 Å². The second kappa shape index (κ2) is 9.76. The summed E-state index contributed by atoms with van der Waals surface area (Å²) in [6.07, 6.45) is 0. The molecule has 46 heavy (non-hydrogen) atoms. The molecule has 0 N–H and O–H groups in total. The maximum Gasteiger partial charge on any atom is 0.0630 e. The third-order valence-electron chi connectivity index (χ3n) is 8.66. The highest BCUT2D eigenvalue weighted by Gasteiger charge is 2.21. The van der Waals surface area contributed by atoms with Crippen molar-refractivity contribution in [3.8, 4) is 33.4 Å². The molecule has 0 unspecified atom stereocenters. The van der Waals surface area contributed by atoms with E-state index in [9.17, 15) is 11.0 Å². The zero-order valence-corrected chi connectivity index (χ0v) is 23.8. The standard InChI is InChI=1S/C46H28/c1-3-11-29(12-4-1)34-24-20-32-22-26-39-40(27-23-33-21-25-38(34)43(32)44(33)39)46-37-18-10-9-17-36(37)42(31-14-5-2-6-15-31)41-28-19-30-13-7-8-16-35(30)45(41)46/h1-28H/i1D,2D,3D,4D,5D,6D,11D,12D,14D,15D,20D,21D,22D,23D,24D,25D,26D,27D. The molecule has 0 heterocycles. The molecule has 212 valence electrons. The van der Waals surface area contributed by atoms with E-state index in [2.05, 4.69) is 0 Å². The second-order valence-corrected chi connectivity index (χ2v) is 11.0. The van der Waals surface area contributed by atoms with Crippen LogP contribution in [0.1, 0.15) is 24.7 Å². The third kappa shape index (κ3) is 3.56. The summed E-state index contributed by atoms with van der Waals surface area (Å²) in [7, 11) is 0. The molecule has 0 heteroatoms. The summed E-state index contributed by atoms with van der Waals surface area (Å²) in [5.41, 5.74) is -0.501. The predicted octanol–water partition coefficient (Wildman–Crippen LogP) is 13.0. The Labute approximate surface area is 292 Å². The van der Waals surface area contributed by atoms with Crippen LogP contribution in [0.4, 0.5) is 0 Å². The van der Waals surface area contributed by atoms with Crippen molar-refractivity contribution in [3.05, 3.63) is 169 Å². The van der Waals surface area contributed by atoms with E-state index in [1.165, 1.54) is 0 Å². The minimum atomic E-state index is -0.743. The van der Waals surface area contributed by atoms with Gasteiger partial charge in [-0.25, -0.2) is 0 Å². The fourth-order valence-electron chi connectivity index (χ4n) is 6.79. The molecule has 0 aromatic heterocycles. The first-order valence-electron chi connectivity index (χ1n) is 23.6. The molecular weight excluding hydrogens is 553 g/mol. The van der Waals surface area contributed by atoms with Crippen LogP contribution in [-0.2, 0) is 0 Å². The van der Waals surface area contributed by atoms with Crippen molar-refractivity contribution in [2.24, 2.45) is 0 Å². The SMILES string of the molecule is [2H]c1c([2H])c([2H])c(-c2c3ccccc3c(-c3c([2H])c([2H])c4c([2H])c([2H])c5c(-c6c([2H])c([2H])c([2H])c([2H])c6[2H])c([2H])c([2H])c6c([2H])c([2H])c3c4c65)c3c2ccc2ccccc23)c([2H])c1[2H]. The van der Waals surface area contributed by atoms with Crippen molar-refractivity contribution in [1.82, 2.24) is 0 Å². The van der Waals surface area contributed by atoms with E-state index in [1.807, 2.05) is 24.3 Å². The Morgan fingerprint density at radius 1 is 0.304 bits per heavy atom. The maximum atomic E-state index is 9.81. The minimum Gasteiger partial charge on any atom is -0.0622 e. The zero-order chi connectivity index (χ0) is 45.9. The number of hydrogen-bond donors (Lipinski definition) is 0. The molecule has 0 bridgehead atoms. The Bertz CT molecular complexity index is 3760. The lowest BCUT2D eigenvalue weighted by Crippen LogP contribution is -1.94. The van der Waals surface area contributed by atoms with Crippen LogP contribution in [0, 0.1) is 0 Å². The van der Waals surface area contributed by atoms with Crippen LogP contribution in [0.15, 0.2) is 169 Å². The highest BCUT2D eigenvalue weighted by Crippen LogP contribution is 2.49. The summed E-state index contributed by atoms with van der Waals surface area (Å²) in [5, 5.41) is 1.69. The highest BCUT2D eigenvalue weighted by molar-refractivity contribution is 6.33. The summed E-state index contributed by atoms with van der Waals surface area (Å²) in [6.45, 7) is 0. The van der Waals surface area contributed by atoms with Crippen molar-refractivity contribution in [3.63, 3.8) is 0 Å². The van der Waals surface area contributed by atoms with Crippen LogP contribution >= 0.6 is 0 Å². The Morgan fingerprint density at radius 2 is 0.848 bits per heavy atom. The van der Waals surface area contributed by atoms with E-state index in [0.29, 0.717) is 32.3 Å². The van der Waals surface area contributed by atoms with Crippen LogP contribution < -0.4 is 0 Å². The van der Waals surface area contributed by atoms with Crippen LogP contribution in [0.3, 0.4) is 0 Å². The summed E-state index contributed by atoms with van der Waals surface area (Å²) in [4.78, 5) is 0. The van der Waals surface area contributed by atoms with Gasteiger partial charge in [0.25, 0.3) is 0 Å². The van der Waals surface area contributed by atoms with Gasteiger partial charge in [0.1, 0.15) is 0 Å². The largest absolute Gasteiger partial charge is 0.0630 e. The smallest absolute Gasteiger partial charge is 0.0622 e. The van der Waals surface area contributed by atoms with Crippen LogP contribution in [-0.4, -0.2) is 0 Å². The fraction of sp³-hybridized carbons (Fsp3) is 0. The van der Waals surface area contributed by atoms with Gasteiger partial charge in [0.2, 0.25) is 0 Å². The second-order valence-electron chi connectivity index (χ2n) is 11.0. The maximum absolute atomic E-state index is 9.81. The Kier molecular flexibility index (Phi) is 2.88. The molecule has 10 aromatic rings. The first-order chi connectivity index (χ1) is 30.3. The summed E-state index contributed by atoms with van der Waals surface area (Å²) < 4.78 is 162. The van der Waals surface area contributed by atoms with E-state index in [-0.39, 0.29) is 54.6 Å². The normalized spacial score (nSPS) is 17.4. The zero-order valence-electron chi connectivity index (χ0n) is 41.8.